The van der Waals surface area contributed by atoms with Gasteiger partial charge >= 0.3 is 5.97 Å². The minimum absolute atomic E-state index is 0.187. The van der Waals surface area contributed by atoms with Gasteiger partial charge in [-0.15, -0.1) is 5.10 Å². The van der Waals surface area contributed by atoms with Gasteiger partial charge in [-0.25, -0.2) is 9.48 Å². The molecule has 0 N–H and O–H groups in total. The van der Waals surface area contributed by atoms with Crippen molar-refractivity contribution in [1.29, 1.82) is 0 Å². The van der Waals surface area contributed by atoms with Gasteiger partial charge in [-0.3, -0.25) is 0 Å². The number of halogens is 1. The van der Waals surface area contributed by atoms with E-state index in [1.165, 1.54) is 0 Å². The molecule has 0 fully saturated rings. The van der Waals surface area contributed by atoms with Crippen LogP contribution in [0.25, 0.3) is 0 Å². The van der Waals surface area contributed by atoms with E-state index in [0.717, 1.165) is 5.56 Å². The molecule has 0 aliphatic rings. The molecular formula is C14H16ClN3O3. The summed E-state index contributed by atoms with van der Waals surface area (Å²) >= 11 is 6.11. The molecule has 0 bridgehead atoms. The highest BCUT2D eigenvalue weighted by Crippen LogP contribution is 2.17. The van der Waals surface area contributed by atoms with Crippen molar-refractivity contribution in [2.45, 2.75) is 13.5 Å². The lowest BCUT2D eigenvalue weighted by molar-refractivity contribution is 0.0380. The SMILES string of the molecule is COCCOC(=O)c1nnn(Cc2ccccc2Cl)c1C. The van der Waals surface area contributed by atoms with Crippen LogP contribution in [0, 0.1) is 6.92 Å². The third-order valence-electron chi connectivity index (χ3n) is 2.97. The van der Waals surface area contributed by atoms with Crippen molar-refractivity contribution in [1.82, 2.24) is 15.0 Å². The summed E-state index contributed by atoms with van der Waals surface area (Å²) in [7, 11) is 1.54. The van der Waals surface area contributed by atoms with E-state index in [-0.39, 0.29) is 12.3 Å². The van der Waals surface area contributed by atoms with Gasteiger partial charge in [0.1, 0.15) is 6.61 Å². The number of carbonyl (C=O) groups excluding carboxylic acids is 1. The number of esters is 1. The fourth-order valence-electron chi connectivity index (χ4n) is 1.77. The number of hydrogen-bond donors (Lipinski definition) is 0. The maximum absolute atomic E-state index is 11.9. The Morgan fingerprint density at radius 2 is 2.10 bits per heavy atom. The first-order chi connectivity index (χ1) is 10.1. The standard InChI is InChI=1S/C14H16ClN3O3/c1-10-13(14(19)21-8-7-20-2)16-17-18(10)9-11-5-3-4-6-12(11)15/h3-6H,7-9H2,1-2H3. The van der Waals surface area contributed by atoms with Crippen molar-refractivity contribution in [3.63, 3.8) is 0 Å². The monoisotopic (exact) mass is 309 g/mol. The highest BCUT2D eigenvalue weighted by molar-refractivity contribution is 6.31. The van der Waals surface area contributed by atoms with Crippen LogP contribution in [0.5, 0.6) is 0 Å². The molecule has 6 nitrogen and oxygen atoms in total. The second-order valence-corrected chi connectivity index (χ2v) is 4.81. The Labute approximate surface area is 127 Å². The number of aromatic nitrogens is 3. The summed E-state index contributed by atoms with van der Waals surface area (Å²) in [5.74, 6) is -0.505. The Hall–Kier alpha value is -1.92. The molecule has 2 rings (SSSR count). The van der Waals surface area contributed by atoms with Gasteiger partial charge in [0.05, 0.1) is 18.8 Å². The van der Waals surface area contributed by atoms with Crippen LogP contribution in [-0.4, -0.2) is 41.3 Å². The van der Waals surface area contributed by atoms with Crippen LogP contribution in [0.2, 0.25) is 5.02 Å². The van der Waals surface area contributed by atoms with E-state index in [4.69, 9.17) is 21.1 Å². The molecule has 1 heterocycles. The molecule has 2 aromatic rings. The van der Waals surface area contributed by atoms with Crippen molar-refractivity contribution in [2.24, 2.45) is 0 Å². The predicted molar refractivity (Wildman–Crippen MR) is 77.5 cm³/mol. The van der Waals surface area contributed by atoms with Crippen LogP contribution in [0.3, 0.4) is 0 Å². The molecule has 112 valence electrons. The third kappa shape index (κ3) is 3.80. The van der Waals surface area contributed by atoms with Crippen molar-refractivity contribution < 1.29 is 14.3 Å². The molecule has 0 radical (unpaired) electrons. The zero-order chi connectivity index (χ0) is 15.2. The first kappa shape index (κ1) is 15.5. The summed E-state index contributed by atoms with van der Waals surface area (Å²) in [6.45, 7) is 2.75. The minimum Gasteiger partial charge on any atom is -0.458 e. The van der Waals surface area contributed by atoms with Crippen LogP contribution in [0.15, 0.2) is 24.3 Å². The van der Waals surface area contributed by atoms with E-state index >= 15 is 0 Å². The van der Waals surface area contributed by atoms with E-state index in [9.17, 15) is 4.79 Å². The first-order valence-corrected chi connectivity index (χ1v) is 6.81. The van der Waals surface area contributed by atoms with Crippen molar-refractivity contribution in [3.8, 4) is 0 Å². The van der Waals surface area contributed by atoms with Crippen LogP contribution in [0.1, 0.15) is 21.7 Å². The normalized spacial score (nSPS) is 10.6. The van der Waals surface area contributed by atoms with E-state index in [0.29, 0.717) is 23.9 Å². The number of hydrogen-bond acceptors (Lipinski definition) is 5. The van der Waals surface area contributed by atoms with Gasteiger partial charge in [0.15, 0.2) is 5.69 Å². The molecule has 1 aromatic heterocycles. The molecule has 1 aromatic carbocycles. The fourth-order valence-corrected chi connectivity index (χ4v) is 1.97. The smallest absolute Gasteiger partial charge is 0.360 e. The summed E-state index contributed by atoms with van der Waals surface area (Å²) in [5, 5.41) is 8.50. The van der Waals surface area contributed by atoms with Gasteiger partial charge in [-0.1, -0.05) is 35.0 Å². The van der Waals surface area contributed by atoms with E-state index in [1.807, 2.05) is 24.3 Å². The summed E-state index contributed by atoms with van der Waals surface area (Å²) < 4.78 is 11.5. The molecule has 0 aliphatic carbocycles. The van der Waals surface area contributed by atoms with Gasteiger partial charge in [0, 0.05) is 12.1 Å². The number of benzene rings is 1. The summed E-state index contributed by atoms with van der Waals surface area (Å²) in [6.07, 6.45) is 0. The summed E-state index contributed by atoms with van der Waals surface area (Å²) in [5.41, 5.74) is 1.75. The molecular weight excluding hydrogens is 294 g/mol. The van der Waals surface area contributed by atoms with Gasteiger partial charge in [0.25, 0.3) is 0 Å². The Balaban J connectivity index is 2.10. The zero-order valence-electron chi connectivity index (χ0n) is 11.9. The summed E-state index contributed by atoms with van der Waals surface area (Å²) in [4.78, 5) is 11.9. The summed E-state index contributed by atoms with van der Waals surface area (Å²) in [6, 6.07) is 7.47. The first-order valence-electron chi connectivity index (χ1n) is 6.43. The third-order valence-corrected chi connectivity index (χ3v) is 3.34. The van der Waals surface area contributed by atoms with Gasteiger partial charge in [0.2, 0.25) is 0 Å². The number of ether oxygens (including phenoxy) is 2. The molecule has 0 saturated heterocycles. The second kappa shape index (κ2) is 7.19. The molecule has 0 unspecified atom stereocenters. The molecule has 0 atom stereocenters. The van der Waals surface area contributed by atoms with E-state index < -0.39 is 5.97 Å². The lowest BCUT2D eigenvalue weighted by Crippen LogP contribution is -2.12. The maximum Gasteiger partial charge on any atom is 0.360 e. The average Bonchev–Trinajstić information content (AvgIpc) is 2.83. The second-order valence-electron chi connectivity index (χ2n) is 4.40. The average molecular weight is 310 g/mol. The predicted octanol–water partition coefficient (Wildman–Crippen LogP) is 2.09. The molecule has 0 spiro atoms. The number of methoxy groups -OCH3 is 1. The fraction of sp³-hybridized carbons (Fsp3) is 0.357. The van der Waals surface area contributed by atoms with Crippen molar-refractivity contribution >= 4 is 17.6 Å². The topological polar surface area (TPSA) is 66.2 Å². The van der Waals surface area contributed by atoms with E-state index in [2.05, 4.69) is 10.3 Å². The molecule has 21 heavy (non-hydrogen) atoms. The quantitative estimate of drug-likeness (QED) is 0.604. The number of carbonyl (C=O) groups is 1. The van der Waals surface area contributed by atoms with Gasteiger partial charge in [-0.05, 0) is 18.6 Å². The molecule has 0 amide bonds. The Bertz CT molecular complexity index is 628. The lowest BCUT2D eigenvalue weighted by Gasteiger charge is -2.06. The minimum atomic E-state index is -0.505. The van der Waals surface area contributed by atoms with Crippen molar-refractivity contribution in [2.75, 3.05) is 20.3 Å². The molecule has 0 saturated carbocycles. The van der Waals surface area contributed by atoms with Crippen LogP contribution in [0.4, 0.5) is 0 Å². The Morgan fingerprint density at radius 1 is 1.33 bits per heavy atom. The number of rotatable bonds is 6. The lowest BCUT2D eigenvalue weighted by atomic mass is 10.2. The molecule has 7 heteroatoms. The highest BCUT2D eigenvalue weighted by atomic mass is 35.5. The Morgan fingerprint density at radius 3 is 2.81 bits per heavy atom. The zero-order valence-corrected chi connectivity index (χ0v) is 12.6. The van der Waals surface area contributed by atoms with Crippen LogP contribution >= 0.6 is 11.6 Å². The largest absolute Gasteiger partial charge is 0.458 e. The Kier molecular flexibility index (Phi) is 5.30. The molecule has 0 aliphatic heterocycles. The van der Waals surface area contributed by atoms with Gasteiger partial charge < -0.3 is 9.47 Å². The van der Waals surface area contributed by atoms with E-state index in [1.54, 1.807) is 18.7 Å². The highest BCUT2D eigenvalue weighted by Gasteiger charge is 2.18. The van der Waals surface area contributed by atoms with Gasteiger partial charge in [-0.2, -0.15) is 0 Å². The van der Waals surface area contributed by atoms with Crippen LogP contribution in [-0.2, 0) is 16.0 Å². The van der Waals surface area contributed by atoms with Crippen LogP contribution < -0.4 is 0 Å². The maximum atomic E-state index is 11.9. The van der Waals surface area contributed by atoms with Crippen molar-refractivity contribution in [3.05, 3.63) is 46.2 Å². The number of nitrogens with zero attached hydrogens (tertiary/aromatic N) is 3.